The number of rotatable bonds is 6. The number of ether oxygens (including phenoxy) is 1. The molecule has 5 nitrogen and oxygen atoms in total. The van der Waals surface area contributed by atoms with E-state index in [4.69, 9.17) is 9.15 Å². The van der Waals surface area contributed by atoms with Crippen LogP contribution < -0.4 is 5.76 Å². The fraction of sp³-hybridized carbons (Fsp3) is 0.300. The van der Waals surface area contributed by atoms with E-state index in [1.807, 2.05) is 44.2 Å². The molecule has 0 saturated heterocycles. The fourth-order valence-electron chi connectivity index (χ4n) is 3.00. The van der Waals surface area contributed by atoms with Crippen molar-refractivity contribution in [3.63, 3.8) is 0 Å². The van der Waals surface area contributed by atoms with Gasteiger partial charge in [-0.15, -0.1) is 0 Å². The van der Waals surface area contributed by atoms with E-state index in [1.165, 1.54) is 0 Å². The number of fused-ring (bicyclic) bond motifs is 1. The van der Waals surface area contributed by atoms with Gasteiger partial charge in [-0.25, -0.2) is 4.79 Å². The number of para-hydroxylation sites is 2. The quantitative estimate of drug-likeness (QED) is 0.642. The number of carbonyl (C=O) groups is 1. The van der Waals surface area contributed by atoms with Crippen LogP contribution in [-0.4, -0.2) is 10.5 Å². The van der Waals surface area contributed by atoms with Gasteiger partial charge in [0.05, 0.1) is 5.52 Å². The van der Waals surface area contributed by atoms with Gasteiger partial charge in [0, 0.05) is 13.0 Å². The van der Waals surface area contributed by atoms with Gasteiger partial charge >= 0.3 is 11.7 Å². The van der Waals surface area contributed by atoms with Gasteiger partial charge in [0.1, 0.15) is 6.61 Å². The molecule has 0 N–H and O–H groups in total. The van der Waals surface area contributed by atoms with Crippen molar-refractivity contribution in [3.8, 4) is 0 Å². The third-order valence-electron chi connectivity index (χ3n) is 4.02. The highest BCUT2D eigenvalue weighted by molar-refractivity contribution is 5.72. The predicted molar refractivity (Wildman–Crippen MR) is 95.4 cm³/mol. The zero-order valence-electron chi connectivity index (χ0n) is 14.5. The Balaban J connectivity index is 1.52. The van der Waals surface area contributed by atoms with Crippen LogP contribution >= 0.6 is 0 Å². The minimum atomic E-state index is -0.398. The molecule has 25 heavy (non-hydrogen) atoms. The molecule has 0 spiro atoms. The second kappa shape index (κ2) is 7.38. The van der Waals surface area contributed by atoms with Crippen LogP contribution in [0.15, 0.2) is 51.7 Å². The molecule has 5 heteroatoms. The molecule has 0 aliphatic carbocycles. The van der Waals surface area contributed by atoms with Crippen LogP contribution in [0.2, 0.25) is 0 Å². The number of esters is 1. The van der Waals surface area contributed by atoms with Crippen molar-refractivity contribution in [2.75, 3.05) is 0 Å². The van der Waals surface area contributed by atoms with Crippen molar-refractivity contribution >= 4 is 17.1 Å². The maximum Gasteiger partial charge on any atom is 0.419 e. The average Bonchev–Trinajstić information content (AvgIpc) is 2.88. The third-order valence-corrected chi connectivity index (χ3v) is 4.02. The fourth-order valence-corrected chi connectivity index (χ4v) is 3.00. The highest BCUT2D eigenvalue weighted by Crippen LogP contribution is 2.13. The zero-order valence-corrected chi connectivity index (χ0v) is 14.5. The topological polar surface area (TPSA) is 61.4 Å². The number of aryl methyl sites for hydroxylation is 3. The first-order chi connectivity index (χ1) is 12.0. The zero-order chi connectivity index (χ0) is 17.8. The van der Waals surface area contributed by atoms with Crippen molar-refractivity contribution in [1.82, 2.24) is 4.57 Å². The van der Waals surface area contributed by atoms with Crippen LogP contribution in [0, 0.1) is 13.8 Å². The summed E-state index contributed by atoms with van der Waals surface area (Å²) in [6, 6.07) is 13.4. The second-order valence-corrected chi connectivity index (χ2v) is 6.25. The number of benzene rings is 2. The lowest BCUT2D eigenvalue weighted by Crippen LogP contribution is -2.15. The highest BCUT2D eigenvalue weighted by Gasteiger charge is 2.10. The summed E-state index contributed by atoms with van der Waals surface area (Å²) in [4.78, 5) is 23.8. The summed E-state index contributed by atoms with van der Waals surface area (Å²) in [5.41, 5.74) is 4.60. The van der Waals surface area contributed by atoms with Crippen LogP contribution in [0.1, 0.15) is 29.5 Å². The van der Waals surface area contributed by atoms with Crippen molar-refractivity contribution in [1.29, 1.82) is 0 Å². The Morgan fingerprint density at radius 2 is 1.84 bits per heavy atom. The lowest BCUT2D eigenvalue weighted by atomic mass is 10.1. The van der Waals surface area contributed by atoms with Gasteiger partial charge in [-0.1, -0.05) is 41.5 Å². The van der Waals surface area contributed by atoms with Crippen LogP contribution in [0.25, 0.3) is 11.1 Å². The van der Waals surface area contributed by atoms with E-state index in [0.29, 0.717) is 18.5 Å². The van der Waals surface area contributed by atoms with E-state index in [1.54, 1.807) is 10.6 Å². The van der Waals surface area contributed by atoms with Gasteiger partial charge in [0.2, 0.25) is 0 Å². The number of hydrogen-bond donors (Lipinski definition) is 0. The predicted octanol–water partition coefficient (Wildman–Crippen LogP) is 3.73. The summed E-state index contributed by atoms with van der Waals surface area (Å²) in [6.45, 7) is 4.74. The standard InChI is InChI=1S/C20H21NO4/c1-14-10-15(2)12-16(11-14)13-24-19(22)8-5-9-21-17-6-3-4-7-18(17)25-20(21)23/h3-4,6-7,10-12H,5,8-9,13H2,1-2H3. The Morgan fingerprint density at radius 3 is 2.60 bits per heavy atom. The largest absolute Gasteiger partial charge is 0.461 e. The monoisotopic (exact) mass is 339 g/mol. The van der Waals surface area contributed by atoms with E-state index in [-0.39, 0.29) is 19.0 Å². The van der Waals surface area contributed by atoms with Crippen LogP contribution in [0.3, 0.4) is 0 Å². The summed E-state index contributed by atoms with van der Waals surface area (Å²) < 4.78 is 12.0. The molecule has 3 rings (SSSR count). The van der Waals surface area contributed by atoms with Crippen LogP contribution in [0.5, 0.6) is 0 Å². The highest BCUT2D eigenvalue weighted by atomic mass is 16.5. The van der Waals surface area contributed by atoms with Crippen molar-refractivity contribution in [2.45, 2.75) is 39.8 Å². The molecular weight excluding hydrogens is 318 g/mol. The maximum atomic E-state index is 11.9. The van der Waals surface area contributed by atoms with Gasteiger partial charge in [-0.3, -0.25) is 9.36 Å². The lowest BCUT2D eigenvalue weighted by Gasteiger charge is -2.07. The van der Waals surface area contributed by atoms with E-state index in [0.717, 1.165) is 22.2 Å². The summed E-state index contributed by atoms with van der Waals surface area (Å²) in [6.07, 6.45) is 0.784. The van der Waals surface area contributed by atoms with Crippen LogP contribution in [-0.2, 0) is 22.7 Å². The first-order valence-electron chi connectivity index (χ1n) is 8.34. The summed E-state index contributed by atoms with van der Waals surface area (Å²) in [7, 11) is 0. The summed E-state index contributed by atoms with van der Waals surface area (Å²) >= 11 is 0. The van der Waals surface area contributed by atoms with Crippen LogP contribution in [0.4, 0.5) is 0 Å². The summed E-state index contributed by atoms with van der Waals surface area (Å²) in [5, 5.41) is 0. The molecule has 0 bridgehead atoms. The molecule has 0 unspecified atom stereocenters. The number of aromatic nitrogens is 1. The molecule has 0 radical (unpaired) electrons. The first kappa shape index (κ1) is 17.0. The molecule has 130 valence electrons. The molecule has 0 amide bonds. The molecule has 0 atom stereocenters. The molecular formula is C20H21NO4. The van der Waals surface area contributed by atoms with Gasteiger partial charge in [0.15, 0.2) is 5.58 Å². The number of hydrogen-bond acceptors (Lipinski definition) is 4. The van der Waals surface area contributed by atoms with E-state index >= 15 is 0 Å². The maximum absolute atomic E-state index is 11.9. The second-order valence-electron chi connectivity index (χ2n) is 6.25. The smallest absolute Gasteiger partial charge is 0.419 e. The SMILES string of the molecule is Cc1cc(C)cc(COC(=O)CCCn2c(=O)oc3ccccc32)c1. The lowest BCUT2D eigenvalue weighted by molar-refractivity contribution is -0.145. The molecule has 3 aromatic rings. The van der Waals surface area contributed by atoms with E-state index in [2.05, 4.69) is 6.07 Å². The van der Waals surface area contributed by atoms with E-state index in [9.17, 15) is 9.59 Å². The summed E-state index contributed by atoms with van der Waals surface area (Å²) in [5.74, 6) is -0.662. The Bertz CT molecular complexity index is 931. The number of nitrogens with zero attached hydrogens (tertiary/aromatic N) is 1. The Kier molecular flexibility index (Phi) is 5.03. The third kappa shape index (κ3) is 4.18. The van der Waals surface area contributed by atoms with E-state index < -0.39 is 5.76 Å². The number of carbonyl (C=O) groups excluding carboxylic acids is 1. The van der Waals surface area contributed by atoms with Gasteiger partial charge < -0.3 is 9.15 Å². The molecule has 2 aromatic carbocycles. The Hall–Kier alpha value is -2.82. The molecule has 0 saturated carbocycles. The minimum Gasteiger partial charge on any atom is -0.461 e. The minimum absolute atomic E-state index is 0.261. The number of oxazole rings is 1. The Morgan fingerprint density at radius 1 is 1.12 bits per heavy atom. The molecule has 1 heterocycles. The molecule has 0 fully saturated rings. The first-order valence-corrected chi connectivity index (χ1v) is 8.34. The van der Waals surface area contributed by atoms with Gasteiger partial charge in [-0.05, 0) is 38.0 Å². The van der Waals surface area contributed by atoms with Gasteiger partial charge in [-0.2, -0.15) is 0 Å². The molecule has 0 aliphatic heterocycles. The van der Waals surface area contributed by atoms with Crippen molar-refractivity contribution < 1.29 is 13.9 Å². The average molecular weight is 339 g/mol. The molecule has 1 aromatic heterocycles. The van der Waals surface area contributed by atoms with Crippen molar-refractivity contribution in [2.24, 2.45) is 0 Å². The Labute approximate surface area is 145 Å². The van der Waals surface area contributed by atoms with Crippen molar-refractivity contribution in [3.05, 3.63) is 69.7 Å². The van der Waals surface area contributed by atoms with Gasteiger partial charge in [0.25, 0.3) is 0 Å². The molecule has 0 aliphatic rings. The normalized spacial score (nSPS) is 11.0.